The monoisotopic (exact) mass is 307 g/mol. The maximum atomic E-state index is 13.1. The van der Waals surface area contributed by atoms with Crippen LogP contribution < -0.4 is 5.32 Å². The van der Waals surface area contributed by atoms with Gasteiger partial charge in [-0.3, -0.25) is 0 Å². The molecule has 0 bridgehead atoms. The third kappa shape index (κ3) is 1.81. The Hall–Kier alpha value is -2.20. The molecule has 23 heavy (non-hydrogen) atoms. The van der Waals surface area contributed by atoms with E-state index in [9.17, 15) is 4.39 Å². The molecular weight excluding hydrogens is 289 g/mol. The van der Waals surface area contributed by atoms with Crippen molar-refractivity contribution >= 4 is 10.9 Å². The Kier molecular flexibility index (Phi) is 2.55. The highest BCUT2D eigenvalue weighted by Gasteiger charge is 2.58. The number of benzene rings is 2. The molecule has 5 rings (SSSR count). The van der Waals surface area contributed by atoms with Crippen LogP contribution in [0.5, 0.6) is 0 Å². The molecule has 1 saturated carbocycles. The van der Waals surface area contributed by atoms with Crippen molar-refractivity contribution in [2.45, 2.75) is 18.8 Å². The summed E-state index contributed by atoms with van der Waals surface area (Å²) in [6.07, 6.45) is 3.22. The van der Waals surface area contributed by atoms with Gasteiger partial charge in [-0.2, -0.15) is 5.10 Å². The van der Waals surface area contributed by atoms with Crippen LogP contribution in [0.1, 0.15) is 17.5 Å². The van der Waals surface area contributed by atoms with Crippen molar-refractivity contribution in [1.29, 1.82) is 0 Å². The number of aryl methyl sites for hydroxylation is 1. The number of nitrogens with zero attached hydrogens (tertiary/aromatic N) is 2. The van der Waals surface area contributed by atoms with E-state index < -0.39 is 0 Å². The zero-order valence-corrected chi connectivity index (χ0v) is 13.0. The van der Waals surface area contributed by atoms with Gasteiger partial charge >= 0.3 is 0 Å². The van der Waals surface area contributed by atoms with Gasteiger partial charge in [0.2, 0.25) is 0 Å². The summed E-state index contributed by atoms with van der Waals surface area (Å²) >= 11 is 0. The lowest BCUT2D eigenvalue weighted by Crippen LogP contribution is -2.20. The molecule has 2 fully saturated rings. The summed E-state index contributed by atoms with van der Waals surface area (Å²) in [6.45, 7) is 4.43. The first kappa shape index (κ1) is 13.3. The van der Waals surface area contributed by atoms with Crippen LogP contribution >= 0.6 is 0 Å². The molecule has 0 spiro atoms. The van der Waals surface area contributed by atoms with Crippen LogP contribution in [0.15, 0.2) is 42.6 Å². The average molecular weight is 307 g/mol. The van der Waals surface area contributed by atoms with Gasteiger partial charge in [0.05, 0.1) is 17.4 Å². The number of rotatable bonds is 2. The summed E-state index contributed by atoms with van der Waals surface area (Å²) in [5.41, 5.74) is 5.12. The van der Waals surface area contributed by atoms with E-state index in [0.29, 0.717) is 5.41 Å². The minimum Gasteiger partial charge on any atom is -0.316 e. The normalized spacial score (nSPS) is 25.7. The zero-order chi connectivity index (χ0) is 15.6. The maximum Gasteiger partial charge on any atom is 0.123 e. The second-order valence-corrected chi connectivity index (χ2v) is 6.95. The molecular formula is C19H18FN3. The second-order valence-electron chi connectivity index (χ2n) is 6.95. The first-order valence-corrected chi connectivity index (χ1v) is 8.13. The Morgan fingerprint density at radius 1 is 1.26 bits per heavy atom. The third-order valence-electron chi connectivity index (χ3n) is 5.58. The first-order chi connectivity index (χ1) is 11.2. The summed E-state index contributed by atoms with van der Waals surface area (Å²) < 4.78 is 15.0. The quantitative estimate of drug-likeness (QED) is 0.787. The minimum absolute atomic E-state index is 0.226. The van der Waals surface area contributed by atoms with E-state index in [1.54, 1.807) is 12.1 Å². The van der Waals surface area contributed by atoms with Crippen molar-refractivity contribution in [1.82, 2.24) is 15.1 Å². The van der Waals surface area contributed by atoms with E-state index in [1.165, 1.54) is 29.7 Å². The molecule has 1 aromatic heterocycles. The van der Waals surface area contributed by atoms with Gasteiger partial charge in [-0.15, -0.1) is 0 Å². The van der Waals surface area contributed by atoms with Gasteiger partial charge < -0.3 is 5.32 Å². The van der Waals surface area contributed by atoms with Gasteiger partial charge in [0, 0.05) is 17.3 Å². The van der Waals surface area contributed by atoms with E-state index >= 15 is 0 Å². The molecule has 1 N–H and O–H groups in total. The second kappa shape index (κ2) is 4.42. The van der Waals surface area contributed by atoms with E-state index in [-0.39, 0.29) is 5.82 Å². The molecule has 1 saturated heterocycles. The smallest absolute Gasteiger partial charge is 0.123 e. The summed E-state index contributed by atoms with van der Waals surface area (Å²) in [4.78, 5) is 0. The van der Waals surface area contributed by atoms with Gasteiger partial charge in [0.15, 0.2) is 0 Å². The SMILES string of the molecule is Cc1cc2c(cnn2-c2ccc(F)cc2)cc1[C@@]12CNC[C@@H]1C2. The van der Waals surface area contributed by atoms with Crippen LogP contribution in [0.2, 0.25) is 0 Å². The van der Waals surface area contributed by atoms with Crippen molar-refractivity contribution < 1.29 is 4.39 Å². The molecule has 3 aromatic rings. The number of hydrogen-bond donors (Lipinski definition) is 1. The fourth-order valence-corrected chi connectivity index (χ4v) is 4.26. The van der Waals surface area contributed by atoms with Crippen molar-refractivity contribution in [2.24, 2.45) is 5.92 Å². The number of aromatic nitrogens is 2. The number of hydrogen-bond acceptors (Lipinski definition) is 2. The summed E-state index contributed by atoms with van der Waals surface area (Å²) in [5.74, 6) is 0.571. The van der Waals surface area contributed by atoms with Crippen LogP contribution in [0.25, 0.3) is 16.6 Å². The molecule has 2 aromatic carbocycles. The Morgan fingerprint density at radius 3 is 2.78 bits per heavy atom. The molecule has 2 aliphatic rings. The largest absolute Gasteiger partial charge is 0.316 e. The van der Waals surface area contributed by atoms with E-state index in [0.717, 1.165) is 35.6 Å². The predicted molar refractivity (Wildman–Crippen MR) is 88.4 cm³/mol. The van der Waals surface area contributed by atoms with Crippen LogP contribution in [0.4, 0.5) is 4.39 Å². The van der Waals surface area contributed by atoms with Gasteiger partial charge in [-0.05, 0) is 73.3 Å². The first-order valence-electron chi connectivity index (χ1n) is 8.13. The zero-order valence-electron chi connectivity index (χ0n) is 13.0. The lowest BCUT2D eigenvalue weighted by Gasteiger charge is -2.16. The van der Waals surface area contributed by atoms with E-state index in [1.807, 2.05) is 10.9 Å². The Balaban J connectivity index is 1.65. The summed E-state index contributed by atoms with van der Waals surface area (Å²) in [7, 11) is 0. The topological polar surface area (TPSA) is 29.9 Å². The lowest BCUT2D eigenvalue weighted by molar-refractivity contribution is 0.627. The molecule has 116 valence electrons. The summed E-state index contributed by atoms with van der Waals surface area (Å²) in [5, 5.41) is 9.19. The van der Waals surface area contributed by atoms with E-state index in [2.05, 4.69) is 29.5 Å². The fourth-order valence-electron chi connectivity index (χ4n) is 4.26. The third-order valence-corrected chi connectivity index (χ3v) is 5.58. The lowest BCUT2D eigenvalue weighted by atomic mass is 9.90. The predicted octanol–water partition coefficient (Wildman–Crippen LogP) is 3.33. The van der Waals surface area contributed by atoms with Gasteiger partial charge in [0.25, 0.3) is 0 Å². The molecule has 2 heterocycles. The maximum absolute atomic E-state index is 13.1. The fraction of sp³-hybridized carbons (Fsp3) is 0.316. The molecule has 0 radical (unpaired) electrons. The molecule has 2 atom stereocenters. The molecule has 1 aliphatic heterocycles. The highest BCUT2D eigenvalue weighted by Crippen LogP contribution is 2.57. The molecule has 4 heteroatoms. The Labute approximate surface area is 134 Å². The Bertz CT molecular complexity index is 912. The standard InChI is InChI=1S/C19H18FN3/c1-12-6-18-13(7-17(12)19-8-14(19)10-21-11-19)9-22-23(18)16-4-2-15(20)3-5-16/h2-7,9,14,21H,8,10-11H2,1H3/t14-,19-/m0/s1. The van der Waals surface area contributed by atoms with Crippen LogP contribution in [0.3, 0.4) is 0 Å². The van der Waals surface area contributed by atoms with Gasteiger partial charge in [-0.1, -0.05) is 0 Å². The van der Waals surface area contributed by atoms with Crippen molar-refractivity contribution in [3.63, 3.8) is 0 Å². The Morgan fingerprint density at radius 2 is 2.09 bits per heavy atom. The highest BCUT2D eigenvalue weighted by atomic mass is 19.1. The van der Waals surface area contributed by atoms with Gasteiger partial charge in [-0.25, -0.2) is 9.07 Å². The van der Waals surface area contributed by atoms with Crippen molar-refractivity contribution in [3.05, 3.63) is 59.5 Å². The number of nitrogens with one attached hydrogen (secondary N) is 1. The van der Waals surface area contributed by atoms with Crippen LogP contribution in [0, 0.1) is 18.7 Å². The molecule has 1 aliphatic carbocycles. The number of piperidine rings is 1. The average Bonchev–Trinajstić information content (AvgIpc) is 2.91. The molecule has 0 unspecified atom stereocenters. The minimum atomic E-state index is -0.226. The van der Waals surface area contributed by atoms with E-state index in [4.69, 9.17) is 0 Å². The molecule has 0 amide bonds. The summed E-state index contributed by atoms with van der Waals surface area (Å²) in [6, 6.07) is 11.0. The van der Waals surface area contributed by atoms with Crippen molar-refractivity contribution in [3.8, 4) is 5.69 Å². The highest BCUT2D eigenvalue weighted by molar-refractivity contribution is 5.82. The van der Waals surface area contributed by atoms with Crippen LogP contribution in [-0.2, 0) is 5.41 Å². The molecule has 3 nitrogen and oxygen atoms in total. The number of fused-ring (bicyclic) bond motifs is 2. The van der Waals surface area contributed by atoms with Crippen molar-refractivity contribution in [2.75, 3.05) is 13.1 Å². The number of halogens is 1. The van der Waals surface area contributed by atoms with Crippen LogP contribution in [-0.4, -0.2) is 22.9 Å². The van der Waals surface area contributed by atoms with Gasteiger partial charge in [0.1, 0.15) is 5.82 Å².